The number of hydrogen-bond acceptors (Lipinski definition) is 3. The fraction of sp³-hybridized carbons (Fsp3) is 0.429. The van der Waals surface area contributed by atoms with Crippen LogP contribution >= 0.6 is 11.6 Å². The lowest BCUT2D eigenvalue weighted by Gasteiger charge is -2.09. The van der Waals surface area contributed by atoms with E-state index in [0.29, 0.717) is 5.69 Å². The number of rotatable bonds is 8. The first kappa shape index (κ1) is 19.1. The quantitative estimate of drug-likeness (QED) is 0.495. The molecular weight excluding hydrogens is 335 g/mol. The van der Waals surface area contributed by atoms with Gasteiger partial charge in [0.2, 0.25) is 5.91 Å². The normalized spacial score (nSPS) is 12.0. The zero-order valence-corrected chi connectivity index (χ0v) is 12.9. The van der Waals surface area contributed by atoms with E-state index in [9.17, 15) is 22.8 Å². The summed E-state index contributed by atoms with van der Waals surface area (Å²) in [5.41, 5.74) is 6.17. The van der Waals surface area contributed by atoms with Crippen LogP contribution in [0.25, 0.3) is 0 Å². The zero-order valence-electron chi connectivity index (χ0n) is 12.1. The summed E-state index contributed by atoms with van der Waals surface area (Å²) < 4.78 is 36.4. The number of nitrogen functional groups attached to an aromatic ring is 1. The van der Waals surface area contributed by atoms with Crippen LogP contribution < -0.4 is 16.4 Å². The van der Waals surface area contributed by atoms with E-state index in [0.717, 1.165) is 0 Å². The highest BCUT2D eigenvalue weighted by molar-refractivity contribution is 6.34. The van der Waals surface area contributed by atoms with Gasteiger partial charge in [0.05, 0.1) is 17.1 Å². The van der Waals surface area contributed by atoms with Gasteiger partial charge in [0.15, 0.2) is 6.17 Å². The molecule has 1 aromatic rings. The Balaban J connectivity index is 2.28. The zero-order chi connectivity index (χ0) is 17.4. The predicted octanol–water partition coefficient (Wildman–Crippen LogP) is 2.15. The molecule has 0 heterocycles. The Bertz CT molecular complexity index is 558. The van der Waals surface area contributed by atoms with Gasteiger partial charge in [-0.2, -0.15) is 0 Å². The van der Waals surface area contributed by atoms with Gasteiger partial charge in [0, 0.05) is 18.7 Å². The molecule has 1 rings (SSSR count). The van der Waals surface area contributed by atoms with Crippen LogP contribution in [0.3, 0.4) is 0 Å². The molecule has 2 amide bonds. The Hall–Kier alpha value is -1.96. The smallest absolute Gasteiger partial charge is 0.271 e. The van der Waals surface area contributed by atoms with Crippen LogP contribution in [0.15, 0.2) is 18.2 Å². The number of hydrogen-bond donors (Lipinski definition) is 3. The van der Waals surface area contributed by atoms with Crippen molar-refractivity contribution in [1.82, 2.24) is 10.6 Å². The molecule has 0 saturated carbocycles. The summed E-state index contributed by atoms with van der Waals surface area (Å²) in [4.78, 5) is 23.2. The minimum Gasteiger partial charge on any atom is -0.399 e. The van der Waals surface area contributed by atoms with Crippen LogP contribution in [0.2, 0.25) is 5.02 Å². The molecule has 128 valence electrons. The van der Waals surface area contributed by atoms with Gasteiger partial charge in [0.25, 0.3) is 12.3 Å². The lowest BCUT2D eigenvalue weighted by molar-refractivity contribution is -0.121. The Morgan fingerprint density at radius 2 is 1.91 bits per heavy atom. The summed E-state index contributed by atoms with van der Waals surface area (Å²) >= 11 is 5.87. The topological polar surface area (TPSA) is 84.2 Å². The maximum absolute atomic E-state index is 12.6. The van der Waals surface area contributed by atoms with Crippen LogP contribution in [-0.2, 0) is 4.79 Å². The van der Waals surface area contributed by atoms with Gasteiger partial charge in [0.1, 0.15) is 0 Å². The number of anilines is 1. The van der Waals surface area contributed by atoms with E-state index in [1.54, 1.807) is 6.07 Å². The molecular formula is C14H17ClF3N3O2. The molecule has 0 spiro atoms. The molecule has 0 aliphatic heterocycles. The number of amides is 2. The number of nitrogens with one attached hydrogen (secondary N) is 2. The molecule has 5 nitrogen and oxygen atoms in total. The second kappa shape index (κ2) is 9.24. The van der Waals surface area contributed by atoms with Gasteiger partial charge < -0.3 is 16.4 Å². The van der Waals surface area contributed by atoms with Crippen LogP contribution in [-0.4, -0.2) is 37.5 Å². The first-order chi connectivity index (χ1) is 10.8. The Morgan fingerprint density at radius 1 is 1.22 bits per heavy atom. The average Bonchev–Trinajstić information content (AvgIpc) is 2.51. The lowest BCUT2D eigenvalue weighted by Crippen LogP contribution is -2.34. The van der Waals surface area contributed by atoms with Crippen LogP contribution in [0, 0.1) is 0 Å². The minimum atomic E-state index is -3.13. The van der Waals surface area contributed by atoms with Crippen molar-refractivity contribution in [2.75, 3.05) is 18.8 Å². The summed E-state index contributed by atoms with van der Waals surface area (Å²) in [6.45, 7) is -0.562. The molecule has 0 aromatic heterocycles. The standard InChI is InChI=1S/C14H17ClF3N3O2/c15-10-4-3-8(19)6-9(10)14(23)20-5-1-2-12(22)21-7-11(16)13(17)18/h3-4,6,11,13H,1-2,5,7,19H2,(H,20,23)(H,21,22). The summed E-state index contributed by atoms with van der Waals surface area (Å²) in [7, 11) is 0. The van der Waals surface area contributed by atoms with Crippen molar-refractivity contribution in [2.24, 2.45) is 0 Å². The first-order valence-electron chi connectivity index (χ1n) is 6.83. The number of nitrogens with two attached hydrogens (primary N) is 1. The molecule has 0 aliphatic rings. The highest BCUT2D eigenvalue weighted by Crippen LogP contribution is 2.18. The maximum Gasteiger partial charge on any atom is 0.271 e. The molecule has 1 atom stereocenters. The predicted molar refractivity (Wildman–Crippen MR) is 81.3 cm³/mol. The first-order valence-corrected chi connectivity index (χ1v) is 7.21. The molecule has 0 aliphatic carbocycles. The van der Waals surface area contributed by atoms with Gasteiger partial charge >= 0.3 is 0 Å². The molecule has 0 saturated heterocycles. The lowest BCUT2D eigenvalue weighted by atomic mass is 10.2. The van der Waals surface area contributed by atoms with Crippen molar-refractivity contribution in [3.05, 3.63) is 28.8 Å². The average molecular weight is 352 g/mol. The van der Waals surface area contributed by atoms with Crippen LogP contribution in [0.4, 0.5) is 18.9 Å². The Kier molecular flexibility index (Phi) is 7.67. The highest BCUT2D eigenvalue weighted by atomic mass is 35.5. The van der Waals surface area contributed by atoms with Gasteiger partial charge in [-0.25, -0.2) is 13.2 Å². The van der Waals surface area contributed by atoms with E-state index < -0.39 is 31.0 Å². The van der Waals surface area contributed by atoms with E-state index >= 15 is 0 Å². The molecule has 23 heavy (non-hydrogen) atoms. The number of carbonyl (C=O) groups excluding carboxylic acids is 2. The van der Waals surface area contributed by atoms with Crippen molar-refractivity contribution in [3.8, 4) is 0 Å². The summed E-state index contributed by atoms with van der Waals surface area (Å²) in [5, 5.41) is 4.85. The van der Waals surface area contributed by atoms with Gasteiger partial charge in [-0.15, -0.1) is 0 Å². The molecule has 0 bridgehead atoms. The third kappa shape index (κ3) is 6.77. The van der Waals surface area contributed by atoms with Crippen molar-refractivity contribution in [3.63, 3.8) is 0 Å². The number of carbonyl (C=O) groups is 2. The van der Waals surface area contributed by atoms with E-state index in [1.165, 1.54) is 12.1 Å². The van der Waals surface area contributed by atoms with Crippen LogP contribution in [0.1, 0.15) is 23.2 Å². The fourth-order valence-corrected chi connectivity index (χ4v) is 1.86. The maximum atomic E-state index is 12.6. The number of halogens is 4. The number of benzene rings is 1. The fourth-order valence-electron chi connectivity index (χ4n) is 1.65. The Morgan fingerprint density at radius 3 is 2.57 bits per heavy atom. The highest BCUT2D eigenvalue weighted by Gasteiger charge is 2.19. The Labute approximate surface area is 136 Å². The van der Waals surface area contributed by atoms with Gasteiger partial charge in [-0.3, -0.25) is 9.59 Å². The van der Waals surface area contributed by atoms with Crippen molar-refractivity contribution >= 4 is 29.1 Å². The molecule has 0 fully saturated rings. The monoisotopic (exact) mass is 351 g/mol. The molecule has 9 heteroatoms. The summed E-state index contributed by atoms with van der Waals surface area (Å²) in [6.07, 6.45) is -5.27. The third-order valence-electron chi connectivity index (χ3n) is 2.87. The SMILES string of the molecule is Nc1ccc(Cl)c(C(=O)NCCCC(=O)NCC(F)C(F)F)c1. The van der Waals surface area contributed by atoms with Crippen molar-refractivity contribution < 1.29 is 22.8 Å². The summed E-state index contributed by atoms with van der Waals surface area (Å²) in [6, 6.07) is 4.48. The molecule has 1 unspecified atom stereocenters. The molecule has 1 aromatic carbocycles. The second-order valence-electron chi connectivity index (χ2n) is 4.75. The van der Waals surface area contributed by atoms with E-state index in [1.807, 2.05) is 0 Å². The summed E-state index contributed by atoms with van der Waals surface area (Å²) in [5.74, 6) is -1.01. The van der Waals surface area contributed by atoms with Crippen molar-refractivity contribution in [2.45, 2.75) is 25.4 Å². The molecule has 4 N–H and O–H groups in total. The number of alkyl halides is 3. The van der Waals surface area contributed by atoms with Crippen molar-refractivity contribution in [1.29, 1.82) is 0 Å². The molecule has 0 radical (unpaired) electrons. The van der Waals surface area contributed by atoms with E-state index in [-0.39, 0.29) is 30.0 Å². The third-order valence-corrected chi connectivity index (χ3v) is 3.20. The van der Waals surface area contributed by atoms with Gasteiger partial charge in [-0.1, -0.05) is 11.6 Å². The van der Waals surface area contributed by atoms with Crippen LogP contribution in [0.5, 0.6) is 0 Å². The largest absolute Gasteiger partial charge is 0.399 e. The second-order valence-corrected chi connectivity index (χ2v) is 5.16. The van der Waals surface area contributed by atoms with E-state index in [4.69, 9.17) is 17.3 Å². The minimum absolute atomic E-state index is 0.0269. The van der Waals surface area contributed by atoms with Gasteiger partial charge in [-0.05, 0) is 24.6 Å². The van der Waals surface area contributed by atoms with E-state index in [2.05, 4.69) is 10.6 Å².